The van der Waals surface area contributed by atoms with Crippen molar-refractivity contribution < 1.29 is 17.6 Å². The van der Waals surface area contributed by atoms with E-state index in [2.05, 4.69) is 5.32 Å². The normalized spacial score (nSPS) is 12.5. The van der Waals surface area contributed by atoms with Gasteiger partial charge in [-0.25, -0.2) is 17.6 Å². The minimum Gasteiger partial charge on any atom is -0.373 e. The highest BCUT2D eigenvalue weighted by atomic mass is 32.1. The first-order valence-electron chi connectivity index (χ1n) is 5.56. The molecule has 1 N–H and O–H groups in total. The van der Waals surface area contributed by atoms with Gasteiger partial charge in [0, 0.05) is 15.8 Å². The van der Waals surface area contributed by atoms with Gasteiger partial charge in [-0.1, -0.05) is 0 Å². The van der Waals surface area contributed by atoms with Gasteiger partial charge in [0.25, 0.3) is 0 Å². The van der Waals surface area contributed by atoms with Crippen LogP contribution < -0.4 is 5.32 Å². The molecule has 6 heteroatoms. The minimum atomic E-state index is -1.42. The Balaban J connectivity index is 2.33. The molecule has 0 saturated heterocycles. The van der Waals surface area contributed by atoms with Crippen LogP contribution in [-0.2, 0) is 0 Å². The van der Waals surface area contributed by atoms with Gasteiger partial charge in [0.15, 0.2) is 23.3 Å². The van der Waals surface area contributed by atoms with E-state index in [4.69, 9.17) is 0 Å². The fraction of sp³-hybridized carbons (Fsp3) is 0.231. The molecule has 1 nitrogen and oxygen atoms in total. The Bertz CT molecular complexity index is 583. The van der Waals surface area contributed by atoms with Crippen molar-refractivity contribution >= 4 is 17.0 Å². The summed E-state index contributed by atoms with van der Waals surface area (Å²) in [5.74, 6) is -5.68. The highest BCUT2D eigenvalue weighted by Crippen LogP contribution is 2.30. The number of anilines is 1. The quantitative estimate of drug-likeness (QED) is 0.633. The van der Waals surface area contributed by atoms with Gasteiger partial charge in [-0.15, -0.1) is 11.3 Å². The topological polar surface area (TPSA) is 12.0 Å². The lowest BCUT2D eigenvalue weighted by Gasteiger charge is -2.15. The molecule has 0 radical (unpaired) electrons. The van der Waals surface area contributed by atoms with Gasteiger partial charge in [0.1, 0.15) is 5.69 Å². The van der Waals surface area contributed by atoms with Crippen LogP contribution in [-0.4, -0.2) is 0 Å². The third kappa shape index (κ3) is 2.73. The average Bonchev–Trinajstić information content (AvgIpc) is 2.79. The number of benzene rings is 1. The Morgan fingerprint density at radius 1 is 1.05 bits per heavy atom. The molecule has 2 rings (SSSR count). The zero-order chi connectivity index (χ0) is 14.2. The average molecular weight is 289 g/mol. The number of nitrogens with one attached hydrogen (secondary N) is 1. The summed E-state index contributed by atoms with van der Waals surface area (Å²) < 4.78 is 53.1. The summed E-state index contributed by atoms with van der Waals surface area (Å²) in [6.45, 7) is 3.55. The van der Waals surface area contributed by atoms with Crippen LogP contribution in [0.1, 0.15) is 22.7 Å². The van der Waals surface area contributed by atoms with Gasteiger partial charge in [0.05, 0.1) is 6.04 Å². The molecule has 102 valence electrons. The lowest BCUT2D eigenvalue weighted by molar-refractivity contribution is 0.457. The highest BCUT2D eigenvalue weighted by Gasteiger charge is 2.21. The molecule has 0 aliphatic heterocycles. The van der Waals surface area contributed by atoms with Crippen molar-refractivity contribution in [2.24, 2.45) is 0 Å². The van der Waals surface area contributed by atoms with E-state index in [0.717, 1.165) is 9.75 Å². The van der Waals surface area contributed by atoms with Gasteiger partial charge in [0.2, 0.25) is 0 Å². The number of thiophene rings is 1. The second-order valence-electron chi connectivity index (χ2n) is 4.16. The van der Waals surface area contributed by atoms with E-state index in [-0.39, 0.29) is 6.07 Å². The molecule has 0 bridgehead atoms. The number of rotatable bonds is 3. The van der Waals surface area contributed by atoms with Gasteiger partial charge < -0.3 is 5.32 Å². The highest BCUT2D eigenvalue weighted by molar-refractivity contribution is 7.12. The number of halogens is 4. The third-order valence-corrected chi connectivity index (χ3v) is 3.84. The maximum absolute atomic E-state index is 13.5. The smallest absolute Gasteiger partial charge is 0.185 e. The molecule has 0 aliphatic carbocycles. The predicted molar refractivity (Wildman–Crippen MR) is 67.4 cm³/mol. The molecule has 1 unspecified atom stereocenters. The molecule has 1 heterocycles. The largest absolute Gasteiger partial charge is 0.373 e. The molecule has 1 aromatic carbocycles. The van der Waals surface area contributed by atoms with Crippen molar-refractivity contribution in [2.45, 2.75) is 19.9 Å². The van der Waals surface area contributed by atoms with Gasteiger partial charge in [-0.05, 0) is 26.0 Å². The van der Waals surface area contributed by atoms with E-state index in [1.807, 2.05) is 13.0 Å². The van der Waals surface area contributed by atoms with Crippen LogP contribution in [0.2, 0.25) is 0 Å². The van der Waals surface area contributed by atoms with Crippen molar-refractivity contribution in [1.29, 1.82) is 0 Å². The summed E-state index contributed by atoms with van der Waals surface area (Å²) in [5, 5.41) is 2.47. The second kappa shape index (κ2) is 5.21. The van der Waals surface area contributed by atoms with Crippen LogP contribution in [0.5, 0.6) is 0 Å². The summed E-state index contributed by atoms with van der Waals surface area (Å²) in [4.78, 5) is 1.86. The van der Waals surface area contributed by atoms with Crippen LogP contribution in [0.25, 0.3) is 0 Å². The van der Waals surface area contributed by atoms with E-state index in [9.17, 15) is 17.6 Å². The standard InChI is InChI=1S/C13H11F4NS/c1-6-3-4-10(19-6)7(2)18-13-11(16)8(14)5-9(15)12(13)17/h3-5,7,18H,1-2H3. The molecule has 0 aliphatic rings. The Labute approximate surface area is 111 Å². The van der Waals surface area contributed by atoms with Crippen molar-refractivity contribution in [1.82, 2.24) is 0 Å². The molecule has 1 aromatic heterocycles. The predicted octanol–water partition coefficient (Wildman–Crippen LogP) is 4.79. The van der Waals surface area contributed by atoms with Gasteiger partial charge in [-0.2, -0.15) is 0 Å². The van der Waals surface area contributed by atoms with Crippen LogP contribution in [0.4, 0.5) is 23.2 Å². The first kappa shape index (κ1) is 13.9. The van der Waals surface area contributed by atoms with E-state index < -0.39 is 35.0 Å². The maximum atomic E-state index is 13.5. The number of aryl methyl sites for hydroxylation is 1. The first-order chi connectivity index (χ1) is 8.90. The molecule has 19 heavy (non-hydrogen) atoms. The number of hydrogen-bond donors (Lipinski definition) is 1. The SMILES string of the molecule is Cc1ccc(C(C)Nc2c(F)c(F)cc(F)c2F)s1. The first-order valence-corrected chi connectivity index (χ1v) is 6.37. The van der Waals surface area contributed by atoms with Crippen LogP contribution >= 0.6 is 11.3 Å². The molecular formula is C13H11F4NS. The Morgan fingerprint density at radius 2 is 1.63 bits per heavy atom. The summed E-state index contributed by atoms with van der Waals surface area (Å²) in [5.41, 5.74) is -0.781. The van der Waals surface area contributed by atoms with Crippen molar-refractivity contribution in [3.8, 4) is 0 Å². The van der Waals surface area contributed by atoms with E-state index in [0.29, 0.717) is 0 Å². The molecule has 0 saturated carbocycles. The molecule has 2 aromatic rings. The van der Waals surface area contributed by atoms with E-state index >= 15 is 0 Å². The summed E-state index contributed by atoms with van der Waals surface area (Å²) in [6.07, 6.45) is 0. The Hall–Kier alpha value is -1.56. The van der Waals surface area contributed by atoms with Crippen LogP contribution in [0.15, 0.2) is 18.2 Å². The maximum Gasteiger partial charge on any atom is 0.185 e. The molecular weight excluding hydrogens is 278 g/mol. The second-order valence-corrected chi connectivity index (χ2v) is 5.48. The van der Waals surface area contributed by atoms with E-state index in [1.165, 1.54) is 11.3 Å². The summed E-state index contributed by atoms with van der Waals surface area (Å²) >= 11 is 1.44. The lowest BCUT2D eigenvalue weighted by atomic mass is 10.2. The van der Waals surface area contributed by atoms with Crippen LogP contribution in [0.3, 0.4) is 0 Å². The zero-order valence-corrected chi connectivity index (χ0v) is 11.0. The Kier molecular flexibility index (Phi) is 3.80. The molecule has 0 fully saturated rings. The summed E-state index contributed by atoms with van der Waals surface area (Å²) in [6, 6.07) is 3.39. The summed E-state index contributed by atoms with van der Waals surface area (Å²) in [7, 11) is 0. The zero-order valence-electron chi connectivity index (χ0n) is 10.2. The van der Waals surface area contributed by atoms with Crippen LogP contribution in [0, 0.1) is 30.2 Å². The Morgan fingerprint density at radius 3 is 2.11 bits per heavy atom. The fourth-order valence-corrected chi connectivity index (χ4v) is 2.55. The molecule has 0 spiro atoms. The number of hydrogen-bond acceptors (Lipinski definition) is 2. The van der Waals surface area contributed by atoms with Crippen molar-refractivity contribution in [2.75, 3.05) is 5.32 Å². The monoisotopic (exact) mass is 289 g/mol. The molecule has 0 amide bonds. The van der Waals surface area contributed by atoms with Gasteiger partial charge in [-0.3, -0.25) is 0 Å². The van der Waals surface area contributed by atoms with Crippen molar-refractivity contribution in [3.05, 3.63) is 51.2 Å². The fourth-order valence-electron chi connectivity index (χ4n) is 1.67. The third-order valence-electron chi connectivity index (χ3n) is 2.66. The van der Waals surface area contributed by atoms with E-state index in [1.54, 1.807) is 13.0 Å². The van der Waals surface area contributed by atoms with Gasteiger partial charge >= 0.3 is 0 Å². The minimum absolute atomic E-state index is 0.190. The molecule has 1 atom stereocenters. The lowest BCUT2D eigenvalue weighted by Crippen LogP contribution is -2.10. The van der Waals surface area contributed by atoms with Crippen molar-refractivity contribution in [3.63, 3.8) is 0 Å².